The zero-order valence-corrected chi connectivity index (χ0v) is 17.5. The molecule has 0 N–H and O–H groups in total. The monoisotopic (exact) mass is 430 g/mol. The Kier molecular flexibility index (Phi) is 6.44. The number of ether oxygens (including phenoxy) is 3. The lowest BCUT2D eigenvalue weighted by Gasteiger charge is -2.23. The molecule has 158 valence electrons. The summed E-state index contributed by atoms with van der Waals surface area (Å²) in [5.41, 5.74) is 0.740. The molecular weight excluding hydrogens is 407 g/mol. The lowest BCUT2D eigenvalue weighted by molar-refractivity contribution is -0.120. The van der Waals surface area contributed by atoms with Gasteiger partial charge in [0.05, 0.1) is 24.0 Å². The van der Waals surface area contributed by atoms with E-state index in [4.69, 9.17) is 19.2 Å². The zero-order valence-electron chi connectivity index (χ0n) is 16.7. The van der Waals surface area contributed by atoms with Crippen molar-refractivity contribution in [1.29, 1.82) is 0 Å². The van der Waals surface area contributed by atoms with Crippen LogP contribution in [0.5, 0.6) is 11.5 Å². The molecule has 1 aliphatic heterocycles. The van der Waals surface area contributed by atoms with Crippen LogP contribution < -0.4 is 14.4 Å². The second kappa shape index (κ2) is 9.40. The summed E-state index contributed by atoms with van der Waals surface area (Å²) in [6, 6.07) is 11.3. The molecule has 0 aliphatic carbocycles. The minimum Gasteiger partial charge on any atom is -0.492 e. The minimum absolute atomic E-state index is 0.0295. The van der Waals surface area contributed by atoms with E-state index < -0.39 is 0 Å². The van der Waals surface area contributed by atoms with E-state index in [0.717, 1.165) is 23.1 Å². The molecule has 4 rings (SSSR count). The van der Waals surface area contributed by atoms with E-state index in [2.05, 4.69) is 0 Å². The van der Waals surface area contributed by atoms with Gasteiger partial charge in [0.1, 0.15) is 22.8 Å². The summed E-state index contributed by atoms with van der Waals surface area (Å²) >= 11 is 1.43. The highest BCUT2D eigenvalue weighted by Crippen LogP contribution is 2.35. The van der Waals surface area contributed by atoms with Gasteiger partial charge in [-0.25, -0.2) is 9.37 Å². The van der Waals surface area contributed by atoms with E-state index in [9.17, 15) is 9.18 Å². The average molecular weight is 431 g/mol. The zero-order chi connectivity index (χ0) is 20.9. The lowest BCUT2D eigenvalue weighted by Crippen LogP contribution is -2.40. The van der Waals surface area contributed by atoms with E-state index in [0.29, 0.717) is 36.4 Å². The topological polar surface area (TPSA) is 60.9 Å². The maximum absolute atomic E-state index is 13.1. The first-order chi connectivity index (χ1) is 14.6. The number of hydrogen-bond donors (Lipinski definition) is 0. The van der Waals surface area contributed by atoms with Crippen molar-refractivity contribution >= 4 is 32.6 Å². The van der Waals surface area contributed by atoms with Crippen LogP contribution in [0.4, 0.5) is 9.52 Å². The number of anilines is 1. The van der Waals surface area contributed by atoms with E-state index in [1.165, 1.54) is 35.6 Å². The molecule has 1 aromatic heterocycles. The molecule has 1 fully saturated rings. The van der Waals surface area contributed by atoms with E-state index in [1.54, 1.807) is 4.90 Å². The van der Waals surface area contributed by atoms with E-state index in [1.807, 2.05) is 25.1 Å². The third-order valence-electron chi connectivity index (χ3n) is 4.79. The third kappa shape index (κ3) is 4.71. The van der Waals surface area contributed by atoms with Gasteiger partial charge in [0, 0.05) is 6.61 Å². The van der Waals surface area contributed by atoms with Gasteiger partial charge in [0.15, 0.2) is 11.7 Å². The molecule has 2 heterocycles. The summed E-state index contributed by atoms with van der Waals surface area (Å²) < 4.78 is 31.0. The van der Waals surface area contributed by atoms with Crippen LogP contribution in [0.15, 0.2) is 42.5 Å². The maximum Gasteiger partial charge on any atom is 0.266 e. The number of nitrogens with zero attached hydrogens (tertiary/aromatic N) is 2. The molecule has 0 saturated carbocycles. The van der Waals surface area contributed by atoms with Gasteiger partial charge < -0.3 is 14.2 Å². The molecule has 0 radical (unpaired) electrons. The van der Waals surface area contributed by atoms with Crippen molar-refractivity contribution < 1.29 is 23.4 Å². The Morgan fingerprint density at radius 2 is 2.10 bits per heavy atom. The van der Waals surface area contributed by atoms with Gasteiger partial charge in [-0.2, -0.15) is 0 Å². The van der Waals surface area contributed by atoms with Crippen LogP contribution in [0.25, 0.3) is 10.2 Å². The predicted octanol–water partition coefficient (Wildman–Crippen LogP) is 4.43. The van der Waals surface area contributed by atoms with Gasteiger partial charge in [-0.3, -0.25) is 9.69 Å². The molecule has 0 bridgehead atoms. The molecule has 8 heteroatoms. The Bertz CT molecular complexity index is 1000. The number of benzene rings is 2. The van der Waals surface area contributed by atoms with Crippen LogP contribution in [-0.2, 0) is 9.53 Å². The van der Waals surface area contributed by atoms with Gasteiger partial charge in [0.25, 0.3) is 5.91 Å². The molecule has 2 aromatic carbocycles. The Morgan fingerprint density at radius 3 is 2.83 bits per heavy atom. The highest BCUT2D eigenvalue weighted by atomic mass is 32.1. The highest BCUT2D eigenvalue weighted by molar-refractivity contribution is 7.22. The Balaban J connectivity index is 1.57. The second-order valence-corrected chi connectivity index (χ2v) is 7.92. The number of amides is 1. The SMILES string of the molecule is CCOc1cccc2sc(N(CC3CCCO3)C(=O)COc3ccc(F)cc3)nc12. The molecule has 0 spiro atoms. The summed E-state index contributed by atoms with van der Waals surface area (Å²) in [7, 11) is 0. The number of thiazole rings is 1. The first-order valence-electron chi connectivity index (χ1n) is 9.96. The Morgan fingerprint density at radius 1 is 1.27 bits per heavy atom. The smallest absolute Gasteiger partial charge is 0.266 e. The second-order valence-electron chi connectivity index (χ2n) is 6.91. The van der Waals surface area contributed by atoms with Crippen molar-refractivity contribution in [2.45, 2.75) is 25.9 Å². The van der Waals surface area contributed by atoms with Crippen LogP contribution in [0, 0.1) is 5.82 Å². The number of carbonyl (C=O) groups excluding carboxylic acids is 1. The molecule has 1 atom stereocenters. The van der Waals surface area contributed by atoms with Crippen LogP contribution in [0.3, 0.4) is 0 Å². The summed E-state index contributed by atoms with van der Waals surface area (Å²) in [5, 5.41) is 0.584. The fourth-order valence-corrected chi connectivity index (χ4v) is 4.34. The molecule has 6 nitrogen and oxygen atoms in total. The Hall–Kier alpha value is -2.71. The summed E-state index contributed by atoms with van der Waals surface area (Å²) in [5.74, 6) is 0.550. The first-order valence-corrected chi connectivity index (χ1v) is 10.8. The first kappa shape index (κ1) is 20.6. The largest absolute Gasteiger partial charge is 0.492 e. The minimum atomic E-state index is -0.353. The number of halogens is 1. The molecule has 1 amide bonds. The molecule has 30 heavy (non-hydrogen) atoms. The van der Waals surface area contributed by atoms with E-state index in [-0.39, 0.29) is 24.4 Å². The molecule has 1 aliphatic rings. The van der Waals surface area contributed by atoms with Crippen molar-refractivity contribution in [2.75, 3.05) is 31.3 Å². The Labute approximate surface area is 178 Å². The normalized spacial score (nSPS) is 16.0. The van der Waals surface area contributed by atoms with Gasteiger partial charge in [-0.05, 0) is 56.2 Å². The highest BCUT2D eigenvalue weighted by Gasteiger charge is 2.27. The van der Waals surface area contributed by atoms with Crippen LogP contribution in [-0.4, -0.2) is 43.4 Å². The molecule has 3 aromatic rings. The van der Waals surface area contributed by atoms with Crippen molar-refractivity contribution in [2.24, 2.45) is 0 Å². The lowest BCUT2D eigenvalue weighted by atomic mass is 10.2. The standard InChI is InChI=1S/C22H23FN2O4S/c1-2-27-18-6-3-7-19-21(18)24-22(30-19)25(13-17-5-4-12-28-17)20(26)14-29-16-10-8-15(23)9-11-16/h3,6-11,17H,2,4-5,12-14H2,1H3. The number of hydrogen-bond acceptors (Lipinski definition) is 6. The fourth-order valence-electron chi connectivity index (χ4n) is 3.33. The van der Waals surface area contributed by atoms with Crippen LogP contribution >= 0.6 is 11.3 Å². The van der Waals surface area contributed by atoms with E-state index >= 15 is 0 Å². The predicted molar refractivity (Wildman–Crippen MR) is 114 cm³/mol. The summed E-state index contributed by atoms with van der Waals surface area (Å²) in [6.07, 6.45) is 1.85. The number of fused-ring (bicyclic) bond motifs is 1. The van der Waals surface area contributed by atoms with Gasteiger partial charge in [0.2, 0.25) is 0 Å². The number of carbonyl (C=O) groups is 1. The molecular formula is C22H23FN2O4S. The van der Waals surface area contributed by atoms with Gasteiger partial charge >= 0.3 is 0 Å². The molecule has 1 unspecified atom stereocenters. The third-order valence-corrected chi connectivity index (χ3v) is 5.83. The number of rotatable bonds is 8. The fraction of sp³-hybridized carbons (Fsp3) is 0.364. The van der Waals surface area contributed by atoms with Gasteiger partial charge in [-0.1, -0.05) is 17.4 Å². The average Bonchev–Trinajstić information content (AvgIpc) is 3.41. The van der Waals surface area contributed by atoms with Crippen molar-refractivity contribution in [1.82, 2.24) is 4.98 Å². The number of aromatic nitrogens is 1. The summed E-state index contributed by atoms with van der Waals surface area (Å²) in [6.45, 7) is 3.40. The van der Waals surface area contributed by atoms with Crippen molar-refractivity contribution in [3.05, 3.63) is 48.3 Å². The van der Waals surface area contributed by atoms with Crippen molar-refractivity contribution in [3.8, 4) is 11.5 Å². The maximum atomic E-state index is 13.1. The quantitative estimate of drug-likeness (QED) is 0.529. The van der Waals surface area contributed by atoms with Gasteiger partial charge in [-0.15, -0.1) is 0 Å². The van der Waals surface area contributed by atoms with Crippen LogP contribution in [0.2, 0.25) is 0 Å². The van der Waals surface area contributed by atoms with Crippen LogP contribution in [0.1, 0.15) is 19.8 Å². The summed E-state index contributed by atoms with van der Waals surface area (Å²) in [4.78, 5) is 19.4. The molecule has 1 saturated heterocycles. The van der Waals surface area contributed by atoms with Crippen molar-refractivity contribution in [3.63, 3.8) is 0 Å². The number of para-hydroxylation sites is 1.